The van der Waals surface area contributed by atoms with E-state index in [1.807, 2.05) is 31.2 Å². The monoisotopic (exact) mass is 431 g/mol. The molecule has 2 aliphatic rings. The number of halogens is 1. The predicted octanol–water partition coefficient (Wildman–Crippen LogP) is 3.81. The lowest BCUT2D eigenvalue weighted by Crippen LogP contribution is -2.42. The van der Waals surface area contributed by atoms with E-state index in [9.17, 15) is 18.8 Å². The molecule has 1 fully saturated rings. The fraction of sp³-hybridized carbons (Fsp3) is 0.240. The van der Waals surface area contributed by atoms with E-state index in [0.717, 1.165) is 21.7 Å². The van der Waals surface area contributed by atoms with E-state index in [1.165, 1.54) is 12.1 Å². The lowest BCUT2D eigenvalue weighted by molar-refractivity contribution is -0.131. The van der Waals surface area contributed by atoms with E-state index < -0.39 is 11.6 Å². The van der Waals surface area contributed by atoms with Gasteiger partial charge in [-0.25, -0.2) is 9.18 Å². The van der Waals surface area contributed by atoms with E-state index in [1.54, 1.807) is 29.7 Å². The number of aromatic nitrogens is 1. The van der Waals surface area contributed by atoms with Crippen LogP contribution >= 0.6 is 0 Å². The molecular formula is C25H22FN3O3. The van der Waals surface area contributed by atoms with Crippen LogP contribution in [0.4, 0.5) is 9.18 Å². The molecule has 32 heavy (non-hydrogen) atoms. The minimum absolute atomic E-state index is 0.340. The van der Waals surface area contributed by atoms with Crippen molar-refractivity contribution in [3.63, 3.8) is 0 Å². The number of amides is 3. The van der Waals surface area contributed by atoms with E-state index >= 15 is 0 Å². The molecule has 2 heterocycles. The second-order valence-electron chi connectivity index (χ2n) is 8.41. The average Bonchev–Trinajstić information content (AvgIpc) is 3.36. The Kier molecular flexibility index (Phi) is 4.51. The number of hydrogen-bond acceptors (Lipinski definition) is 3. The molecular weight excluding hydrogens is 409 g/mol. The van der Waals surface area contributed by atoms with Crippen LogP contribution < -0.4 is 5.32 Å². The van der Waals surface area contributed by atoms with Crippen LogP contribution in [0.3, 0.4) is 0 Å². The number of imide groups is 1. The largest absolute Gasteiger partial charge is 0.325 e. The molecule has 1 aliphatic heterocycles. The van der Waals surface area contributed by atoms with Gasteiger partial charge in [0.25, 0.3) is 5.91 Å². The Morgan fingerprint density at radius 2 is 1.88 bits per heavy atom. The Bertz CT molecular complexity index is 1300. The van der Waals surface area contributed by atoms with E-state index in [-0.39, 0.29) is 24.1 Å². The maximum atomic E-state index is 13.7. The van der Waals surface area contributed by atoms with Crippen LogP contribution in [0.1, 0.15) is 39.3 Å². The maximum absolute atomic E-state index is 13.7. The third-order valence-corrected chi connectivity index (χ3v) is 6.52. The first-order chi connectivity index (χ1) is 15.3. The van der Waals surface area contributed by atoms with Gasteiger partial charge in [0.1, 0.15) is 11.4 Å². The fourth-order valence-corrected chi connectivity index (χ4v) is 5.02. The standard InChI is InChI=1S/C25H22FN3O3/c1-15-12-20(16(2)29(15)19-8-5-7-18(26)13-19)22(30)14-28-23(31)25(27-24(28)32)11-10-17-6-3-4-9-21(17)25/h3-9,12-13H,10-11,14H2,1-2H3,(H,27,32)/t25-/m0/s1. The summed E-state index contributed by atoms with van der Waals surface area (Å²) in [7, 11) is 0. The van der Waals surface area contributed by atoms with Crippen molar-refractivity contribution in [2.45, 2.75) is 32.2 Å². The van der Waals surface area contributed by atoms with Crippen LogP contribution in [-0.2, 0) is 16.8 Å². The van der Waals surface area contributed by atoms with Crippen molar-refractivity contribution in [3.05, 3.63) is 88.5 Å². The smallest absolute Gasteiger partial charge is 0.319 e. The van der Waals surface area contributed by atoms with Gasteiger partial charge in [0, 0.05) is 22.6 Å². The molecule has 1 saturated heterocycles. The molecule has 1 N–H and O–H groups in total. The number of nitrogens with one attached hydrogen (secondary N) is 1. The average molecular weight is 431 g/mol. The SMILES string of the molecule is Cc1cc(C(=O)CN2C(=O)N[C@]3(CCc4ccccc43)C2=O)c(C)n1-c1cccc(F)c1. The summed E-state index contributed by atoms with van der Waals surface area (Å²) in [6, 6.07) is 14.9. The van der Waals surface area contributed by atoms with Gasteiger partial charge in [-0.2, -0.15) is 0 Å². The van der Waals surface area contributed by atoms with Crippen molar-refractivity contribution in [2.24, 2.45) is 0 Å². The molecule has 7 heteroatoms. The molecule has 3 amide bonds. The van der Waals surface area contributed by atoms with Crippen molar-refractivity contribution in [2.75, 3.05) is 6.54 Å². The Morgan fingerprint density at radius 1 is 1.09 bits per heavy atom. The van der Waals surface area contributed by atoms with E-state index in [2.05, 4.69) is 5.32 Å². The van der Waals surface area contributed by atoms with Gasteiger partial charge >= 0.3 is 6.03 Å². The number of fused-ring (bicyclic) bond motifs is 2. The zero-order valence-electron chi connectivity index (χ0n) is 17.8. The quantitative estimate of drug-likeness (QED) is 0.504. The Morgan fingerprint density at radius 3 is 2.66 bits per heavy atom. The molecule has 1 spiro atoms. The minimum atomic E-state index is -1.09. The summed E-state index contributed by atoms with van der Waals surface area (Å²) in [6.07, 6.45) is 1.18. The van der Waals surface area contributed by atoms with Gasteiger partial charge in [-0.05, 0) is 62.1 Å². The van der Waals surface area contributed by atoms with Crippen LogP contribution in [0.2, 0.25) is 0 Å². The highest BCUT2D eigenvalue weighted by molar-refractivity contribution is 6.12. The van der Waals surface area contributed by atoms with Crippen molar-refractivity contribution in [1.29, 1.82) is 0 Å². The zero-order chi connectivity index (χ0) is 22.6. The summed E-state index contributed by atoms with van der Waals surface area (Å²) in [5, 5.41) is 2.84. The number of hydrogen-bond donors (Lipinski definition) is 1. The van der Waals surface area contributed by atoms with Gasteiger partial charge in [0.15, 0.2) is 5.78 Å². The van der Waals surface area contributed by atoms with Crippen molar-refractivity contribution in [3.8, 4) is 5.69 Å². The molecule has 0 saturated carbocycles. The number of aryl methyl sites for hydroxylation is 2. The lowest BCUT2D eigenvalue weighted by atomic mass is 9.92. The maximum Gasteiger partial charge on any atom is 0.325 e. The Balaban J connectivity index is 1.44. The molecule has 2 aromatic carbocycles. The summed E-state index contributed by atoms with van der Waals surface area (Å²) in [5.74, 6) is -1.10. The molecule has 5 rings (SSSR count). The molecule has 6 nitrogen and oxygen atoms in total. The van der Waals surface area contributed by atoms with Crippen molar-refractivity contribution < 1.29 is 18.8 Å². The molecule has 0 radical (unpaired) electrons. The summed E-state index contributed by atoms with van der Waals surface area (Å²) in [4.78, 5) is 40.2. The van der Waals surface area contributed by atoms with Gasteiger partial charge in [0.2, 0.25) is 0 Å². The number of nitrogens with zero attached hydrogens (tertiary/aromatic N) is 2. The van der Waals surface area contributed by atoms with Gasteiger partial charge in [-0.15, -0.1) is 0 Å². The summed E-state index contributed by atoms with van der Waals surface area (Å²) < 4.78 is 15.5. The third-order valence-electron chi connectivity index (χ3n) is 6.52. The molecule has 1 aliphatic carbocycles. The van der Waals surface area contributed by atoms with Crippen molar-refractivity contribution >= 4 is 17.7 Å². The number of benzene rings is 2. The zero-order valence-corrected chi connectivity index (χ0v) is 17.8. The van der Waals surface area contributed by atoms with Crippen molar-refractivity contribution in [1.82, 2.24) is 14.8 Å². The number of carbonyl (C=O) groups excluding carboxylic acids is 3. The highest BCUT2D eigenvalue weighted by Gasteiger charge is 2.55. The minimum Gasteiger partial charge on any atom is -0.319 e. The van der Waals surface area contributed by atoms with Crippen LogP contribution in [0.15, 0.2) is 54.6 Å². The Labute approximate surface area is 184 Å². The van der Waals surface area contributed by atoms with Crippen LogP contribution in [-0.4, -0.2) is 33.7 Å². The van der Waals surface area contributed by atoms with E-state index in [4.69, 9.17) is 0 Å². The molecule has 162 valence electrons. The van der Waals surface area contributed by atoms with Crippen LogP contribution in [0.25, 0.3) is 5.69 Å². The second kappa shape index (κ2) is 7.15. The molecule has 0 bridgehead atoms. The third kappa shape index (κ3) is 2.88. The lowest BCUT2D eigenvalue weighted by Gasteiger charge is -2.22. The number of Topliss-reactive ketones (excluding diaryl/α,β-unsaturated/α-hetero) is 1. The van der Waals surface area contributed by atoms with E-state index in [0.29, 0.717) is 29.8 Å². The number of rotatable bonds is 4. The first-order valence-electron chi connectivity index (χ1n) is 10.5. The predicted molar refractivity (Wildman–Crippen MR) is 116 cm³/mol. The number of carbonyl (C=O) groups is 3. The summed E-state index contributed by atoms with van der Waals surface area (Å²) in [6.45, 7) is 3.25. The molecule has 1 atom stereocenters. The number of ketones is 1. The molecule has 0 unspecified atom stereocenters. The van der Waals surface area contributed by atoms with Gasteiger partial charge in [0.05, 0.1) is 6.54 Å². The van der Waals surface area contributed by atoms with Gasteiger partial charge in [-0.1, -0.05) is 30.3 Å². The molecule has 1 aromatic heterocycles. The normalized spacial score (nSPS) is 19.5. The van der Waals surface area contributed by atoms with Gasteiger partial charge in [-0.3, -0.25) is 14.5 Å². The summed E-state index contributed by atoms with van der Waals surface area (Å²) in [5.41, 5.74) is 3.15. The second-order valence-corrected chi connectivity index (χ2v) is 8.41. The summed E-state index contributed by atoms with van der Waals surface area (Å²) >= 11 is 0. The Hall–Kier alpha value is -3.74. The first-order valence-corrected chi connectivity index (χ1v) is 10.5. The first kappa shape index (κ1) is 20.2. The topological polar surface area (TPSA) is 71.4 Å². The number of urea groups is 1. The highest BCUT2D eigenvalue weighted by Crippen LogP contribution is 2.41. The highest BCUT2D eigenvalue weighted by atomic mass is 19.1. The molecule has 3 aromatic rings. The fourth-order valence-electron chi connectivity index (χ4n) is 5.02. The van der Waals surface area contributed by atoms with Gasteiger partial charge < -0.3 is 9.88 Å². The van der Waals surface area contributed by atoms with Crippen LogP contribution in [0, 0.1) is 19.7 Å². The van der Waals surface area contributed by atoms with Crippen LogP contribution in [0.5, 0.6) is 0 Å².